The van der Waals surface area contributed by atoms with E-state index < -0.39 is 0 Å². The van der Waals surface area contributed by atoms with Crippen molar-refractivity contribution in [1.82, 2.24) is 10.5 Å². The summed E-state index contributed by atoms with van der Waals surface area (Å²) < 4.78 is 5.36. The number of hydrogen-bond donors (Lipinski definition) is 3. The smallest absolute Gasteiger partial charge is 0.274 e. The van der Waals surface area contributed by atoms with Crippen LogP contribution in [-0.2, 0) is 12.8 Å². The van der Waals surface area contributed by atoms with Crippen molar-refractivity contribution >= 4 is 24.1 Å². The Labute approximate surface area is 169 Å². The highest BCUT2D eigenvalue weighted by Gasteiger charge is 2.28. The molecule has 3 N–H and O–H groups in total. The molecule has 29 heavy (non-hydrogen) atoms. The molecule has 0 saturated heterocycles. The predicted molar refractivity (Wildman–Crippen MR) is 110 cm³/mol. The Morgan fingerprint density at radius 1 is 1.21 bits per heavy atom. The number of rotatable bonds is 6. The standard InChI is InChI=1S/C22H24N4O3/c23-12-17-18(24-15-6-3-5-14(11-15)13-27)8-4-9-19(17)25-22(28)21-16-7-1-2-10-20(16)29-26-21/h3,5-6,11-13,19,23-24H,1-2,4,7-10H2,(H,25,28). The van der Waals surface area contributed by atoms with E-state index in [9.17, 15) is 9.59 Å². The molecule has 0 spiro atoms. The van der Waals surface area contributed by atoms with Gasteiger partial charge in [0.05, 0.1) is 6.04 Å². The number of carbonyl (C=O) groups excluding carboxylic acids is 2. The first-order valence-electron chi connectivity index (χ1n) is 10.0. The number of fused-ring (bicyclic) bond motifs is 1. The molecule has 1 amide bonds. The molecule has 4 rings (SSSR count). The Bertz CT molecular complexity index is 976. The van der Waals surface area contributed by atoms with Gasteiger partial charge in [0.2, 0.25) is 0 Å². The van der Waals surface area contributed by atoms with Gasteiger partial charge >= 0.3 is 0 Å². The maximum absolute atomic E-state index is 12.9. The largest absolute Gasteiger partial charge is 0.360 e. The van der Waals surface area contributed by atoms with Crippen molar-refractivity contribution in [3.8, 4) is 0 Å². The summed E-state index contributed by atoms with van der Waals surface area (Å²) in [5.74, 6) is 0.579. The van der Waals surface area contributed by atoms with Crippen LogP contribution in [0.2, 0.25) is 0 Å². The first-order valence-corrected chi connectivity index (χ1v) is 10.0. The summed E-state index contributed by atoms with van der Waals surface area (Å²) in [7, 11) is 0. The molecule has 7 nitrogen and oxygen atoms in total. The quantitative estimate of drug-likeness (QED) is 0.513. The lowest BCUT2D eigenvalue weighted by Crippen LogP contribution is -2.40. The van der Waals surface area contributed by atoms with Crippen LogP contribution in [0.1, 0.15) is 64.3 Å². The minimum Gasteiger partial charge on any atom is -0.360 e. The number of aryl methyl sites for hydroxylation is 1. The summed E-state index contributed by atoms with van der Waals surface area (Å²) in [6.45, 7) is 0. The van der Waals surface area contributed by atoms with Crippen molar-refractivity contribution in [2.75, 3.05) is 5.32 Å². The summed E-state index contributed by atoms with van der Waals surface area (Å²) in [6.07, 6.45) is 8.28. The van der Waals surface area contributed by atoms with Crippen LogP contribution in [-0.4, -0.2) is 29.6 Å². The maximum Gasteiger partial charge on any atom is 0.274 e. The SMILES string of the molecule is N=CC1=C(Nc2cccc(C=O)c2)CCCC1NC(=O)c1noc2c1CCCC2. The van der Waals surface area contributed by atoms with E-state index in [2.05, 4.69) is 15.8 Å². The molecule has 150 valence electrons. The molecule has 7 heteroatoms. The lowest BCUT2D eigenvalue weighted by Gasteiger charge is -2.28. The Hall–Kier alpha value is -3.22. The number of amides is 1. The number of benzene rings is 1. The monoisotopic (exact) mass is 392 g/mol. The van der Waals surface area contributed by atoms with Crippen LogP contribution >= 0.6 is 0 Å². The maximum atomic E-state index is 12.9. The molecular formula is C22H24N4O3. The number of hydrogen-bond acceptors (Lipinski definition) is 6. The van der Waals surface area contributed by atoms with Gasteiger partial charge in [0.25, 0.3) is 5.91 Å². The molecule has 2 aromatic rings. The molecule has 0 aliphatic heterocycles. The number of aldehydes is 1. The first-order chi connectivity index (χ1) is 14.2. The zero-order valence-corrected chi connectivity index (χ0v) is 16.2. The summed E-state index contributed by atoms with van der Waals surface area (Å²) in [4.78, 5) is 23.9. The number of nitrogens with zero attached hydrogens (tertiary/aromatic N) is 1. The summed E-state index contributed by atoms with van der Waals surface area (Å²) in [5, 5.41) is 18.3. The van der Waals surface area contributed by atoms with Crippen molar-refractivity contribution in [1.29, 1.82) is 5.41 Å². The second-order valence-electron chi connectivity index (χ2n) is 7.50. The molecule has 2 aliphatic carbocycles. The van der Waals surface area contributed by atoms with Gasteiger partial charge in [-0.1, -0.05) is 17.3 Å². The van der Waals surface area contributed by atoms with Gasteiger partial charge in [-0.15, -0.1) is 0 Å². The molecule has 1 aromatic carbocycles. The molecular weight excluding hydrogens is 368 g/mol. The number of carbonyl (C=O) groups is 2. The molecule has 0 bridgehead atoms. The fourth-order valence-corrected chi connectivity index (χ4v) is 4.12. The Balaban J connectivity index is 1.54. The van der Waals surface area contributed by atoms with Crippen LogP contribution in [0.15, 0.2) is 40.1 Å². The zero-order chi connectivity index (χ0) is 20.2. The van der Waals surface area contributed by atoms with Crippen LogP contribution in [0, 0.1) is 5.41 Å². The molecule has 2 aliphatic rings. The topological polar surface area (TPSA) is 108 Å². The number of allylic oxidation sites excluding steroid dienone is 1. The highest BCUT2D eigenvalue weighted by atomic mass is 16.5. The molecule has 1 atom stereocenters. The predicted octanol–water partition coefficient (Wildman–Crippen LogP) is 3.66. The molecule has 1 heterocycles. The van der Waals surface area contributed by atoms with E-state index in [4.69, 9.17) is 9.93 Å². The minimum atomic E-state index is -0.263. The van der Waals surface area contributed by atoms with Crippen molar-refractivity contribution in [2.24, 2.45) is 0 Å². The molecule has 1 aromatic heterocycles. The van der Waals surface area contributed by atoms with E-state index in [0.29, 0.717) is 11.3 Å². The van der Waals surface area contributed by atoms with Gasteiger partial charge in [-0.2, -0.15) is 0 Å². The van der Waals surface area contributed by atoms with Crippen molar-refractivity contribution in [3.05, 3.63) is 58.1 Å². The van der Waals surface area contributed by atoms with Gasteiger partial charge in [-0.3, -0.25) is 9.59 Å². The van der Waals surface area contributed by atoms with E-state index in [1.165, 1.54) is 6.21 Å². The first kappa shape index (κ1) is 19.1. The number of nitrogens with one attached hydrogen (secondary N) is 3. The van der Waals surface area contributed by atoms with Crippen LogP contribution < -0.4 is 10.6 Å². The van der Waals surface area contributed by atoms with Gasteiger partial charge in [-0.05, 0) is 50.7 Å². The van der Waals surface area contributed by atoms with Gasteiger partial charge < -0.3 is 20.6 Å². The average molecular weight is 392 g/mol. The Morgan fingerprint density at radius 2 is 2.07 bits per heavy atom. The van der Waals surface area contributed by atoms with E-state index in [0.717, 1.165) is 79.5 Å². The van der Waals surface area contributed by atoms with Gasteiger partial charge in [0.15, 0.2) is 5.69 Å². The molecule has 0 fully saturated rings. The van der Waals surface area contributed by atoms with Crippen LogP contribution in [0.5, 0.6) is 0 Å². The summed E-state index contributed by atoms with van der Waals surface area (Å²) >= 11 is 0. The Kier molecular flexibility index (Phi) is 5.55. The molecule has 1 unspecified atom stereocenters. The van der Waals surface area contributed by atoms with Gasteiger partial charge in [-0.25, -0.2) is 0 Å². The second kappa shape index (κ2) is 8.43. The highest BCUT2D eigenvalue weighted by molar-refractivity contribution is 5.95. The second-order valence-corrected chi connectivity index (χ2v) is 7.50. The van der Waals surface area contributed by atoms with Crippen LogP contribution in [0.25, 0.3) is 0 Å². The molecule has 0 radical (unpaired) electrons. The Morgan fingerprint density at radius 3 is 2.90 bits per heavy atom. The summed E-state index contributed by atoms with van der Waals surface area (Å²) in [5.41, 5.74) is 4.32. The highest BCUT2D eigenvalue weighted by Crippen LogP contribution is 2.28. The van der Waals surface area contributed by atoms with E-state index in [1.807, 2.05) is 12.1 Å². The van der Waals surface area contributed by atoms with Crippen molar-refractivity contribution in [3.63, 3.8) is 0 Å². The normalized spacial score (nSPS) is 18.7. The van der Waals surface area contributed by atoms with Crippen molar-refractivity contribution < 1.29 is 14.1 Å². The number of anilines is 1. The fraction of sp³-hybridized carbons (Fsp3) is 0.364. The number of aromatic nitrogens is 1. The zero-order valence-electron chi connectivity index (χ0n) is 16.2. The molecule has 0 saturated carbocycles. The minimum absolute atomic E-state index is 0.245. The van der Waals surface area contributed by atoms with Crippen LogP contribution in [0.4, 0.5) is 5.69 Å². The van der Waals surface area contributed by atoms with Gasteiger partial charge in [0.1, 0.15) is 12.0 Å². The summed E-state index contributed by atoms with van der Waals surface area (Å²) in [6, 6.07) is 6.94. The third-order valence-corrected chi connectivity index (χ3v) is 5.59. The average Bonchev–Trinajstić information content (AvgIpc) is 3.18. The van der Waals surface area contributed by atoms with Gasteiger partial charge in [0, 0.05) is 40.7 Å². The van der Waals surface area contributed by atoms with Crippen molar-refractivity contribution in [2.45, 2.75) is 51.0 Å². The third-order valence-electron chi connectivity index (χ3n) is 5.59. The van der Waals surface area contributed by atoms with E-state index in [1.54, 1.807) is 12.1 Å². The lowest BCUT2D eigenvalue weighted by molar-refractivity contribution is 0.0930. The van der Waals surface area contributed by atoms with Crippen LogP contribution in [0.3, 0.4) is 0 Å². The lowest BCUT2D eigenvalue weighted by atomic mass is 9.91. The fourth-order valence-electron chi connectivity index (χ4n) is 4.12. The van der Waals surface area contributed by atoms with E-state index in [-0.39, 0.29) is 11.9 Å². The third kappa shape index (κ3) is 3.99. The van der Waals surface area contributed by atoms with E-state index >= 15 is 0 Å².